The summed E-state index contributed by atoms with van der Waals surface area (Å²) in [5.74, 6) is 2.24. The first-order valence-electron chi connectivity index (χ1n) is 10.7. The molecule has 1 atom stereocenters. The first-order valence-corrected chi connectivity index (χ1v) is 11.5. The third kappa shape index (κ3) is 4.39. The number of fused-ring (bicyclic) bond motifs is 1. The maximum absolute atomic E-state index is 12.5. The van der Waals surface area contributed by atoms with Crippen molar-refractivity contribution in [2.24, 2.45) is 5.92 Å². The Morgan fingerprint density at radius 1 is 1.34 bits per heavy atom. The van der Waals surface area contributed by atoms with Gasteiger partial charge in [-0.2, -0.15) is 0 Å². The number of morpholine rings is 1. The fourth-order valence-electron chi connectivity index (χ4n) is 4.30. The lowest BCUT2D eigenvalue weighted by molar-refractivity contribution is -0.922. The fourth-order valence-corrected chi connectivity index (χ4v) is 5.39. The molecule has 2 aliphatic rings. The van der Waals surface area contributed by atoms with E-state index in [4.69, 9.17) is 19.4 Å². The average Bonchev–Trinajstić information content (AvgIpc) is 3.05. The quantitative estimate of drug-likeness (QED) is 0.746. The first kappa shape index (κ1) is 20.5. The van der Waals surface area contributed by atoms with Gasteiger partial charge in [0.2, 0.25) is 0 Å². The van der Waals surface area contributed by atoms with Gasteiger partial charge in [-0.25, -0.2) is 14.8 Å². The molecule has 158 valence electrons. The lowest BCUT2D eigenvalue weighted by atomic mass is 10.00. The van der Waals surface area contributed by atoms with Gasteiger partial charge in [-0.05, 0) is 38.2 Å². The zero-order chi connectivity index (χ0) is 20.4. The Morgan fingerprint density at radius 2 is 2.14 bits per heavy atom. The third-order valence-corrected chi connectivity index (χ3v) is 7.01. The number of piperidine rings is 1. The summed E-state index contributed by atoms with van der Waals surface area (Å²) in [7, 11) is 0. The summed E-state index contributed by atoms with van der Waals surface area (Å²) in [6.07, 6.45) is 2.43. The van der Waals surface area contributed by atoms with Crippen LogP contribution in [0.25, 0.3) is 10.2 Å². The van der Waals surface area contributed by atoms with Gasteiger partial charge in [0, 0.05) is 13.1 Å². The van der Waals surface area contributed by atoms with E-state index in [9.17, 15) is 4.79 Å². The van der Waals surface area contributed by atoms with Crippen molar-refractivity contribution in [1.29, 1.82) is 0 Å². The van der Waals surface area contributed by atoms with Gasteiger partial charge in [0.05, 0.1) is 25.2 Å². The highest BCUT2D eigenvalue weighted by Crippen LogP contribution is 2.37. The van der Waals surface area contributed by atoms with Crippen molar-refractivity contribution in [3.05, 3.63) is 16.3 Å². The van der Waals surface area contributed by atoms with Crippen LogP contribution in [0.4, 0.5) is 5.82 Å². The molecule has 1 N–H and O–H groups in total. The number of aryl methyl sites for hydroxylation is 1. The molecule has 0 unspecified atom stereocenters. The molecule has 7 nitrogen and oxygen atoms in total. The van der Waals surface area contributed by atoms with Crippen LogP contribution in [0.1, 0.15) is 47.7 Å². The van der Waals surface area contributed by atoms with E-state index < -0.39 is 0 Å². The van der Waals surface area contributed by atoms with Crippen LogP contribution < -0.4 is 9.80 Å². The van der Waals surface area contributed by atoms with E-state index in [2.05, 4.69) is 11.8 Å². The van der Waals surface area contributed by atoms with Crippen LogP contribution in [0.2, 0.25) is 0 Å². The van der Waals surface area contributed by atoms with Crippen molar-refractivity contribution < 1.29 is 19.2 Å². The number of thiophene rings is 1. The molecule has 29 heavy (non-hydrogen) atoms. The minimum Gasteiger partial charge on any atom is -0.462 e. The monoisotopic (exact) mass is 419 g/mol. The Morgan fingerprint density at radius 3 is 2.86 bits per heavy atom. The number of rotatable bonds is 5. The van der Waals surface area contributed by atoms with Gasteiger partial charge in [-0.15, -0.1) is 11.3 Å². The summed E-state index contributed by atoms with van der Waals surface area (Å²) < 4.78 is 10.8. The Kier molecular flexibility index (Phi) is 6.32. The second-order valence-electron chi connectivity index (χ2n) is 8.15. The van der Waals surface area contributed by atoms with E-state index in [1.165, 1.54) is 29.1 Å². The Hall–Kier alpha value is -1.77. The maximum Gasteiger partial charge on any atom is 0.348 e. The molecular formula is C21H31N4O3S+. The molecule has 0 bridgehead atoms. The predicted molar refractivity (Wildman–Crippen MR) is 114 cm³/mol. The molecule has 0 aromatic carbocycles. The molecule has 2 aliphatic heterocycles. The van der Waals surface area contributed by atoms with Crippen molar-refractivity contribution in [2.45, 2.75) is 40.2 Å². The lowest BCUT2D eigenvalue weighted by Gasteiger charge is -2.32. The number of esters is 1. The third-order valence-electron chi connectivity index (χ3n) is 5.84. The molecule has 2 saturated heterocycles. The highest BCUT2D eigenvalue weighted by atomic mass is 32.1. The van der Waals surface area contributed by atoms with Crippen molar-refractivity contribution in [3.63, 3.8) is 0 Å². The van der Waals surface area contributed by atoms with Crippen LogP contribution >= 0.6 is 11.3 Å². The number of nitrogens with zero attached hydrogens (tertiary/aromatic N) is 3. The Bertz CT molecular complexity index is 878. The second kappa shape index (κ2) is 8.93. The molecule has 4 rings (SSSR count). The minimum atomic E-state index is -0.258. The number of aromatic nitrogens is 2. The number of quaternary nitrogens is 1. The van der Waals surface area contributed by atoms with Gasteiger partial charge >= 0.3 is 5.97 Å². The summed E-state index contributed by atoms with van der Waals surface area (Å²) >= 11 is 1.44. The van der Waals surface area contributed by atoms with E-state index in [0.29, 0.717) is 17.4 Å². The fraction of sp³-hybridized carbons (Fsp3) is 0.667. The summed E-state index contributed by atoms with van der Waals surface area (Å²) in [4.78, 5) is 27.8. The molecule has 4 heterocycles. The molecular weight excluding hydrogens is 388 g/mol. The minimum absolute atomic E-state index is 0.258. The average molecular weight is 420 g/mol. The summed E-state index contributed by atoms with van der Waals surface area (Å²) in [6, 6.07) is 0. The predicted octanol–water partition coefficient (Wildman–Crippen LogP) is 1.83. The maximum atomic E-state index is 12.5. The van der Waals surface area contributed by atoms with Crippen LogP contribution in [0, 0.1) is 12.8 Å². The Labute approximate surface area is 176 Å². The first-order chi connectivity index (χ1) is 14.1. The molecule has 8 heteroatoms. The molecule has 0 spiro atoms. The van der Waals surface area contributed by atoms with Crippen LogP contribution in [0.5, 0.6) is 0 Å². The topological polar surface area (TPSA) is 69.0 Å². The van der Waals surface area contributed by atoms with Crippen LogP contribution in [0.3, 0.4) is 0 Å². The van der Waals surface area contributed by atoms with Gasteiger partial charge in [0.15, 0.2) is 5.82 Å². The Balaban J connectivity index is 1.76. The van der Waals surface area contributed by atoms with Crippen LogP contribution in [-0.4, -0.2) is 61.9 Å². The van der Waals surface area contributed by atoms with E-state index >= 15 is 0 Å². The number of hydrogen-bond donors (Lipinski definition) is 1. The largest absolute Gasteiger partial charge is 0.462 e. The lowest BCUT2D eigenvalue weighted by Crippen LogP contribution is -3.12. The number of carbonyl (C=O) groups is 1. The van der Waals surface area contributed by atoms with Gasteiger partial charge in [0.25, 0.3) is 0 Å². The standard InChI is InChI=1S/C21H30N4O3S/c1-4-28-21(26)18-15(3)17-19(25-7-5-6-14(2)12-25)22-16(23-20(17)29-18)13-24-8-10-27-11-9-24/h14H,4-13H2,1-3H3/p+1/t14-/m1/s1. The number of carbonyl (C=O) groups excluding carboxylic acids is 1. The summed E-state index contributed by atoms with van der Waals surface area (Å²) in [6.45, 7) is 12.9. The number of hydrogen-bond acceptors (Lipinski definition) is 7. The van der Waals surface area contributed by atoms with Crippen molar-refractivity contribution in [2.75, 3.05) is 50.9 Å². The number of anilines is 1. The zero-order valence-corrected chi connectivity index (χ0v) is 18.4. The molecule has 0 saturated carbocycles. The van der Waals surface area contributed by atoms with E-state index in [1.807, 2.05) is 13.8 Å². The smallest absolute Gasteiger partial charge is 0.348 e. The van der Waals surface area contributed by atoms with Gasteiger partial charge in [-0.1, -0.05) is 6.92 Å². The van der Waals surface area contributed by atoms with Crippen molar-refractivity contribution in [3.8, 4) is 0 Å². The second-order valence-corrected chi connectivity index (χ2v) is 9.15. The SMILES string of the molecule is CCOC(=O)c1sc2nc(C[NH+]3CCOCC3)nc(N3CCC[C@@H](C)C3)c2c1C. The number of nitrogens with one attached hydrogen (secondary N) is 1. The zero-order valence-electron chi connectivity index (χ0n) is 17.6. The summed E-state index contributed by atoms with van der Waals surface area (Å²) in [5.41, 5.74) is 0.946. The molecule has 0 radical (unpaired) electrons. The van der Waals surface area contributed by atoms with E-state index in [-0.39, 0.29) is 5.97 Å². The van der Waals surface area contributed by atoms with E-state index in [1.54, 1.807) is 0 Å². The highest BCUT2D eigenvalue weighted by molar-refractivity contribution is 7.20. The molecule has 0 amide bonds. The van der Waals surface area contributed by atoms with Gasteiger partial charge < -0.3 is 19.3 Å². The molecule has 0 aliphatic carbocycles. The van der Waals surface area contributed by atoms with Crippen LogP contribution in [-0.2, 0) is 16.0 Å². The molecule has 2 aromatic heterocycles. The van der Waals surface area contributed by atoms with Gasteiger partial charge in [-0.3, -0.25) is 0 Å². The van der Waals surface area contributed by atoms with Crippen molar-refractivity contribution in [1.82, 2.24) is 9.97 Å². The number of ether oxygens (including phenoxy) is 2. The normalized spacial score (nSPS) is 20.9. The highest BCUT2D eigenvalue weighted by Gasteiger charge is 2.27. The van der Waals surface area contributed by atoms with Gasteiger partial charge in [0.1, 0.15) is 35.2 Å². The van der Waals surface area contributed by atoms with E-state index in [0.717, 1.165) is 73.4 Å². The summed E-state index contributed by atoms with van der Waals surface area (Å²) in [5, 5.41) is 1.02. The van der Waals surface area contributed by atoms with Crippen molar-refractivity contribution >= 4 is 33.3 Å². The molecule has 2 fully saturated rings. The van der Waals surface area contributed by atoms with Crippen LogP contribution in [0.15, 0.2) is 0 Å². The molecule has 2 aromatic rings.